The van der Waals surface area contributed by atoms with E-state index in [1.165, 1.54) is 13.3 Å². The average Bonchev–Trinajstić information content (AvgIpc) is 2.90. The normalized spacial score (nSPS) is 30.0. The van der Waals surface area contributed by atoms with Crippen molar-refractivity contribution >= 4 is 12.1 Å². The van der Waals surface area contributed by atoms with E-state index in [0.29, 0.717) is 11.8 Å². The summed E-state index contributed by atoms with van der Waals surface area (Å²) in [6.07, 6.45) is 3.09. The Morgan fingerprint density at radius 3 is 2.26 bits per heavy atom. The van der Waals surface area contributed by atoms with Crippen molar-refractivity contribution in [3.05, 3.63) is 0 Å². The number of hydrogen-bond acceptors (Lipinski definition) is 4. The van der Waals surface area contributed by atoms with Crippen LogP contribution in [-0.2, 0) is 19.1 Å². The number of alkyl halides is 2. The molecule has 0 radical (unpaired) electrons. The second kappa shape index (κ2) is 6.24. The summed E-state index contributed by atoms with van der Waals surface area (Å²) in [5, 5.41) is 0. The number of halogens is 2. The van der Waals surface area contributed by atoms with Crippen LogP contribution in [0.15, 0.2) is 0 Å². The molecule has 2 aliphatic carbocycles. The van der Waals surface area contributed by atoms with Crippen LogP contribution in [-0.4, -0.2) is 24.1 Å². The average molecular weight is 276 g/mol. The van der Waals surface area contributed by atoms with Gasteiger partial charge in [0.2, 0.25) is 0 Å². The molecule has 2 bridgehead atoms. The zero-order chi connectivity index (χ0) is 14.6. The minimum atomic E-state index is -2.95. The van der Waals surface area contributed by atoms with E-state index >= 15 is 0 Å². The molecule has 6 heteroatoms. The molecule has 2 saturated carbocycles. The summed E-state index contributed by atoms with van der Waals surface area (Å²) >= 11 is 0. The summed E-state index contributed by atoms with van der Waals surface area (Å²) in [7, 11) is 0. The van der Waals surface area contributed by atoms with E-state index in [1.807, 2.05) is 0 Å². The van der Waals surface area contributed by atoms with Crippen molar-refractivity contribution in [2.24, 2.45) is 17.8 Å². The molecule has 0 aromatic carbocycles. The Hall–Kier alpha value is -1.29. The third-order valence-electron chi connectivity index (χ3n) is 4.05. The van der Waals surface area contributed by atoms with Crippen LogP contribution in [0.4, 0.5) is 8.78 Å². The van der Waals surface area contributed by atoms with Crippen molar-refractivity contribution in [1.82, 2.24) is 0 Å². The van der Waals surface area contributed by atoms with E-state index in [-0.39, 0.29) is 12.1 Å². The number of fused-ring (bicyclic) bond motifs is 2. The molecule has 0 amide bonds. The fourth-order valence-electron chi connectivity index (χ4n) is 2.90. The van der Waals surface area contributed by atoms with Crippen LogP contribution in [0.5, 0.6) is 0 Å². The second-order valence-corrected chi connectivity index (χ2v) is 5.40. The Labute approximate surface area is 110 Å². The highest BCUT2D eigenvalue weighted by atomic mass is 19.3. The van der Waals surface area contributed by atoms with Crippen molar-refractivity contribution in [2.75, 3.05) is 0 Å². The van der Waals surface area contributed by atoms with Crippen molar-refractivity contribution in [2.45, 2.75) is 51.6 Å². The van der Waals surface area contributed by atoms with Crippen LogP contribution in [0.1, 0.15) is 39.5 Å². The van der Waals surface area contributed by atoms with E-state index in [4.69, 9.17) is 14.3 Å². The molecule has 0 spiro atoms. The molecular weight excluding hydrogens is 258 g/mol. The molecule has 0 aromatic heterocycles. The number of rotatable bonds is 3. The molecule has 0 heterocycles. The van der Waals surface area contributed by atoms with E-state index in [2.05, 4.69) is 0 Å². The maximum absolute atomic E-state index is 12.9. The maximum Gasteiger partial charge on any atom is 0.373 e. The first kappa shape index (κ1) is 15.8. The summed E-state index contributed by atoms with van der Waals surface area (Å²) in [5.41, 5.74) is 0. The topological polar surface area (TPSA) is 60.4 Å². The first-order valence-corrected chi connectivity index (χ1v) is 6.37. The van der Waals surface area contributed by atoms with Gasteiger partial charge in [0.15, 0.2) is 6.10 Å². The lowest BCUT2D eigenvalue weighted by atomic mass is 9.89. The minimum absolute atomic E-state index is 0.122. The van der Waals surface area contributed by atoms with Gasteiger partial charge in [0.25, 0.3) is 5.92 Å². The van der Waals surface area contributed by atoms with Gasteiger partial charge in [-0.25, -0.2) is 8.78 Å². The van der Waals surface area contributed by atoms with Crippen molar-refractivity contribution < 1.29 is 27.9 Å². The molecule has 0 N–H and O–H groups in total. The molecule has 0 aromatic rings. The molecule has 19 heavy (non-hydrogen) atoms. The van der Waals surface area contributed by atoms with Gasteiger partial charge < -0.3 is 4.74 Å². The maximum atomic E-state index is 12.9. The SMILES string of the molecule is CC(OC(=O)C1CC2CCC1C2)C(C)(F)F.O=C=O. The second-order valence-electron chi connectivity index (χ2n) is 5.40. The van der Waals surface area contributed by atoms with Gasteiger partial charge in [0, 0.05) is 6.92 Å². The van der Waals surface area contributed by atoms with Gasteiger partial charge in [-0.1, -0.05) is 6.42 Å². The Morgan fingerprint density at radius 1 is 1.32 bits per heavy atom. The molecule has 2 fully saturated rings. The molecule has 0 aliphatic heterocycles. The number of carbonyl (C=O) groups excluding carboxylic acids is 3. The van der Waals surface area contributed by atoms with Crippen LogP contribution in [0.3, 0.4) is 0 Å². The van der Waals surface area contributed by atoms with Crippen LogP contribution in [0.2, 0.25) is 0 Å². The van der Waals surface area contributed by atoms with Gasteiger partial charge in [0.1, 0.15) is 0 Å². The molecule has 4 atom stereocenters. The van der Waals surface area contributed by atoms with E-state index in [0.717, 1.165) is 26.2 Å². The fourth-order valence-corrected chi connectivity index (χ4v) is 2.90. The highest BCUT2D eigenvalue weighted by molar-refractivity contribution is 5.73. The zero-order valence-electron chi connectivity index (χ0n) is 11.0. The minimum Gasteiger partial charge on any atom is -0.456 e. The van der Waals surface area contributed by atoms with Crippen LogP contribution in [0.25, 0.3) is 0 Å². The quantitative estimate of drug-likeness (QED) is 0.743. The van der Waals surface area contributed by atoms with Crippen molar-refractivity contribution in [3.63, 3.8) is 0 Å². The lowest BCUT2D eigenvalue weighted by molar-refractivity contribution is -0.191. The summed E-state index contributed by atoms with van der Waals surface area (Å²) in [5.74, 6) is -2.48. The predicted molar refractivity (Wildman–Crippen MR) is 60.1 cm³/mol. The summed E-state index contributed by atoms with van der Waals surface area (Å²) in [4.78, 5) is 28.0. The Balaban J connectivity index is 0.000000550. The smallest absolute Gasteiger partial charge is 0.373 e. The van der Waals surface area contributed by atoms with Crippen molar-refractivity contribution in [3.8, 4) is 0 Å². The van der Waals surface area contributed by atoms with E-state index < -0.39 is 18.0 Å². The van der Waals surface area contributed by atoms with Crippen LogP contribution >= 0.6 is 0 Å². The molecule has 108 valence electrons. The van der Waals surface area contributed by atoms with Gasteiger partial charge in [-0.3, -0.25) is 4.79 Å². The lowest BCUT2D eigenvalue weighted by Crippen LogP contribution is -2.35. The third-order valence-corrected chi connectivity index (χ3v) is 4.05. The largest absolute Gasteiger partial charge is 0.456 e. The monoisotopic (exact) mass is 276 g/mol. The first-order valence-electron chi connectivity index (χ1n) is 6.37. The van der Waals surface area contributed by atoms with Crippen molar-refractivity contribution in [1.29, 1.82) is 0 Å². The molecular formula is C13H18F2O4. The van der Waals surface area contributed by atoms with E-state index in [1.54, 1.807) is 0 Å². The Kier molecular flexibility index (Phi) is 5.18. The first-order chi connectivity index (χ1) is 8.79. The van der Waals surface area contributed by atoms with Gasteiger partial charge in [-0.2, -0.15) is 9.59 Å². The van der Waals surface area contributed by atoms with Gasteiger partial charge in [0.05, 0.1) is 5.92 Å². The highest BCUT2D eigenvalue weighted by Gasteiger charge is 2.45. The molecule has 4 unspecified atom stereocenters. The number of ether oxygens (including phenoxy) is 1. The summed E-state index contributed by atoms with van der Waals surface area (Å²) in [6, 6.07) is 0. The van der Waals surface area contributed by atoms with Crippen LogP contribution < -0.4 is 0 Å². The third kappa shape index (κ3) is 4.10. The number of esters is 1. The highest BCUT2D eigenvalue weighted by Crippen LogP contribution is 2.48. The van der Waals surface area contributed by atoms with Crippen LogP contribution in [0, 0.1) is 17.8 Å². The summed E-state index contributed by atoms with van der Waals surface area (Å²) in [6.45, 7) is 2.04. The number of hydrogen-bond donors (Lipinski definition) is 0. The van der Waals surface area contributed by atoms with Gasteiger partial charge in [-0.15, -0.1) is 0 Å². The Morgan fingerprint density at radius 2 is 1.89 bits per heavy atom. The molecule has 2 rings (SSSR count). The zero-order valence-corrected chi connectivity index (χ0v) is 11.0. The molecule has 0 saturated heterocycles. The lowest BCUT2D eigenvalue weighted by Gasteiger charge is -2.25. The molecule has 2 aliphatic rings. The summed E-state index contributed by atoms with van der Waals surface area (Å²) < 4.78 is 30.6. The predicted octanol–water partition coefficient (Wildman–Crippen LogP) is 2.43. The number of carbonyl (C=O) groups is 1. The Bertz CT molecular complexity index is 358. The molecule has 4 nitrogen and oxygen atoms in total. The fraction of sp³-hybridized carbons (Fsp3) is 0.846. The standard InChI is InChI=1S/C12H18F2O2.CO2/c1-7(12(2,13)14)16-11(15)10-6-8-3-4-9(10)5-8;2-1-3/h7-10H,3-6H2,1-2H3;. The van der Waals surface area contributed by atoms with Gasteiger partial charge >= 0.3 is 12.1 Å². The van der Waals surface area contributed by atoms with E-state index in [9.17, 15) is 13.6 Å². The van der Waals surface area contributed by atoms with Gasteiger partial charge in [-0.05, 0) is 38.0 Å².